The van der Waals surface area contributed by atoms with Gasteiger partial charge in [-0.3, -0.25) is 0 Å². The first kappa shape index (κ1) is 37.9. The molecular weight excluding hydrogens is 993 g/mol. The second kappa shape index (κ2) is 13.4. The number of hydrogen-bond acceptors (Lipinski definition) is 6. The third kappa shape index (κ3) is 5.41. The Morgan fingerprint density at radius 3 is 1.02 bits per heavy atom. The fourth-order valence-corrected chi connectivity index (χ4v) is 9.40. The summed E-state index contributed by atoms with van der Waals surface area (Å²) >= 11 is 93.8. The largest absolute Gasteiger partial charge is 0.217 e. The van der Waals surface area contributed by atoms with Gasteiger partial charge in [-0.1, -0.05) is 139 Å². The average molecular weight is 997 g/mol. The summed E-state index contributed by atoms with van der Waals surface area (Å²) < 4.78 is 2.25. The second-order valence-corrected chi connectivity index (χ2v) is 16.8. The van der Waals surface area contributed by atoms with Crippen LogP contribution < -0.4 is 0 Å². The summed E-state index contributed by atoms with van der Waals surface area (Å²) in [7, 11) is 0. The highest BCUT2D eigenvalue weighted by atomic mass is 35.5. The molecule has 0 aliphatic carbocycles. The van der Waals surface area contributed by atoms with Crippen LogP contribution in [-0.2, 0) is 0 Å². The molecular formula is C32H4Cl14N8. The molecule has 4 aromatic carbocycles. The molecule has 54 heavy (non-hydrogen) atoms. The molecule has 0 unspecified atom stereocenters. The van der Waals surface area contributed by atoms with Crippen LogP contribution in [0.1, 0.15) is 0 Å². The van der Waals surface area contributed by atoms with Gasteiger partial charge in [0.15, 0.2) is 45.9 Å². The predicted octanol–water partition coefficient (Wildman–Crippen LogP) is 15.7. The van der Waals surface area contributed by atoms with Gasteiger partial charge in [-0.2, -0.15) is 0 Å². The fraction of sp³-hybridized carbons (Fsp3) is 0. The van der Waals surface area contributed by atoms with Gasteiger partial charge in [-0.05, 0) is 24.3 Å². The molecule has 0 saturated heterocycles. The summed E-state index contributed by atoms with van der Waals surface area (Å²) in [6.45, 7) is 0. The van der Waals surface area contributed by atoms with Gasteiger partial charge in [-0.25, -0.2) is 38.1 Å². The van der Waals surface area contributed by atoms with E-state index in [0.717, 1.165) is 8.17 Å². The van der Waals surface area contributed by atoms with E-state index in [1.54, 1.807) is 0 Å². The van der Waals surface area contributed by atoms with Crippen LogP contribution in [0.2, 0.25) is 60.3 Å². The molecule has 22 heteroatoms. The van der Waals surface area contributed by atoms with Crippen LogP contribution in [0.5, 0.6) is 0 Å². The van der Waals surface area contributed by atoms with Crippen molar-refractivity contribution < 1.29 is 0 Å². The van der Waals surface area contributed by atoms with Gasteiger partial charge in [-0.15, -0.1) is 0 Å². The van der Waals surface area contributed by atoms with E-state index < -0.39 is 0 Å². The lowest BCUT2D eigenvalue weighted by atomic mass is 10.1. The summed E-state index contributed by atoms with van der Waals surface area (Å²) in [4.78, 5) is 28.9. The third-order valence-electron chi connectivity index (χ3n) is 8.52. The van der Waals surface area contributed by atoms with Crippen molar-refractivity contribution in [2.75, 3.05) is 0 Å². The Hall–Kier alpha value is -1.70. The van der Waals surface area contributed by atoms with Gasteiger partial charge in [0.05, 0.1) is 82.2 Å². The molecule has 0 spiro atoms. The van der Waals surface area contributed by atoms with E-state index in [-0.39, 0.29) is 128 Å². The number of benzene rings is 4. The zero-order valence-corrected chi connectivity index (χ0v) is 35.8. The van der Waals surface area contributed by atoms with Crippen molar-refractivity contribution in [2.45, 2.75) is 0 Å². The van der Waals surface area contributed by atoms with Crippen LogP contribution in [0.15, 0.2) is 24.3 Å². The van der Waals surface area contributed by atoms with Gasteiger partial charge in [0, 0.05) is 45.5 Å². The molecule has 0 N–H and O–H groups in total. The Kier molecular flexibility index (Phi) is 9.42. The molecule has 0 radical (unpaired) electrons. The monoisotopic (exact) mass is 990 g/mol. The maximum Gasteiger partial charge on any atom is 0.166 e. The zero-order chi connectivity index (χ0) is 38.4. The molecule has 7 aromatic rings. The van der Waals surface area contributed by atoms with Crippen molar-refractivity contribution in [1.29, 1.82) is 0 Å². The van der Waals surface area contributed by atoms with Crippen molar-refractivity contribution in [1.82, 2.24) is 38.1 Å². The minimum atomic E-state index is 0.0101. The van der Waals surface area contributed by atoms with Gasteiger partial charge in [0.1, 0.15) is 0 Å². The van der Waals surface area contributed by atoms with E-state index in [0.29, 0.717) is 21.9 Å². The lowest BCUT2D eigenvalue weighted by Gasteiger charge is -2.06. The van der Waals surface area contributed by atoms with Crippen LogP contribution in [0.3, 0.4) is 0 Å². The molecule has 270 valence electrons. The molecule has 2 aliphatic rings. The molecule has 8 nitrogen and oxygen atoms in total. The Morgan fingerprint density at radius 2 is 0.648 bits per heavy atom. The molecule has 0 amide bonds. The quantitative estimate of drug-likeness (QED) is 0.141. The van der Waals surface area contributed by atoms with E-state index in [1.165, 1.54) is 24.3 Å². The maximum atomic E-state index is 7.07. The van der Waals surface area contributed by atoms with Crippen molar-refractivity contribution in [3.8, 4) is 45.6 Å². The SMILES string of the molecule is Clc1cc2c(c(Cl)c1Cl)-c1nc-2nc2c3c(Cl)c(Cl)c(Cl)cc3c(nc3nc(nc4c5c(Cl)c(Cl)c(Cl)cc5c(n1)n4Cl)-c1cc(Cl)c(Cl)c(Cl)c1-3)n2Cl. The Balaban J connectivity index is 1.61. The fourth-order valence-electron chi connectivity index (χ4n) is 6.14. The van der Waals surface area contributed by atoms with Crippen LogP contribution in [0.25, 0.3) is 89.7 Å². The molecule has 9 rings (SSSR count). The number of nitrogens with zero attached hydrogens (tertiary/aromatic N) is 8. The van der Waals surface area contributed by atoms with E-state index in [2.05, 4.69) is 0 Å². The standard InChI is InChI=1S/C32H4Cl14N8/c33-9-1-5-13(21(41)17(9)37)27-47-25(5)49-31-15-7(3-11(35)19(39)23(15)43)30(53(31)45)52-28-14-6(2-10(34)18(38)22(14)42)26(48-28)50-32-16-8(29(51-27)54(32)46)4-12(36)20(40)24(16)44/h1-4H. The lowest BCUT2D eigenvalue weighted by Crippen LogP contribution is -1.89. The first-order valence-electron chi connectivity index (χ1n) is 14.5. The lowest BCUT2D eigenvalue weighted by molar-refractivity contribution is 1.16. The molecule has 3 aromatic heterocycles. The highest BCUT2D eigenvalue weighted by Gasteiger charge is 2.31. The second-order valence-electron chi connectivity index (χ2n) is 11.5. The van der Waals surface area contributed by atoms with Gasteiger partial charge in [0.25, 0.3) is 0 Å². The van der Waals surface area contributed by atoms with Crippen LogP contribution >= 0.6 is 163 Å². The number of hydrogen-bond donors (Lipinski definition) is 0. The summed E-state index contributed by atoms with van der Waals surface area (Å²) in [5.74, 6) is 0.0960. The van der Waals surface area contributed by atoms with Crippen LogP contribution in [-0.4, -0.2) is 38.1 Å². The predicted molar refractivity (Wildman–Crippen MR) is 226 cm³/mol. The zero-order valence-electron chi connectivity index (χ0n) is 25.2. The number of aromatic nitrogens is 8. The highest BCUT2D eigenvalue weighted by molar-refractivity contribution is 6.54. The maximum absolute atomic E-state index is 7.07. The topological polar surface area (TPSA) is 87.2 Å². The molecule has 0 fully saturated rings. The first-order chi connectivity index (χ1) is 25.6. The summed E-state index contributed by atoms with van der Waals surface area (Å²) in [6.07, 6.45) is 0. The summed E-state index contributed by atoms with van der Waals surface area (Å²) in [5.41, 5.74) is 1.34. The minimum Gasteiger partial charge on any atom is -0.217 e. The molecule has 5 heterocycles. The van der Waals surface area contributed by atoms with E-state index in [4.69, 9.17) is 193 Å². The molecule has 0 atom stereocenters. The number of fused-ring (bicyclic) bond motifs is 20. The first-order valence-corrected chi connectivity index (χ1v) is 19.7. The van der Waals surface area contributed by atoms with Crippen molar-refractivity contribution in [3.05, 3.63) is 84.5 Å². The van der Waals surface area contributed by atoms with Crippen molar-refractivity contribution in [2.24, 2.45) is 0 Å². The van der Waals surface area contributed by atoms with Crippen molar-refractivity contribution >= 4 is 207 Å². The van der Waals surface area contributed by atoms with Crippen LogP contribution in [0, 0.1) is 0 Å². The summed E-state index contributed by atoms with van der Waals surface area (Å²) in [6, 6.07) is 6.09. The highest BCUT2D eigenvalue weighted by Crippen LogP contribution is 2.50. The molecule has 0 saturated carbocycles. The van der Waals surface area contributed by atoms with E-state index >= 15 is 0 Å². The van der Waals surface area contributed by atoms with E-state index in [9.17, 15) is 0 Å². The van der Waals surface area contributed by atoms with Gasteiger partial charge in [0.2, 0.25) is 0 Å². The van der Waals surface area contributed by atoms with Crippen LogP contribution in [0.4, 0.5) is 0 Å². The van der Waals surface area contributed by atoms with Crippen molar-refractivity contribution in [3.63, 3.8) is 0 Å². The Bertz CT molecular complexity index is 2910. The number of rotatable bonds is 0. The van der Waals surface area contributed by atoms with Gasteiger partial charge >= 0.3 is 0 Å². The molecule has 8 bridgehead atoms. The smallest absolute Gasteiger partial charge is 0.166 e. The third-order valence-corrected chi connectivity index (χ3v) is 14.2. The summed E-state index contributed by atoms with van der Waals surface area (Å²) in [5, 5.41) is 1.75. The Labute approximate surface area is 371 Å². The Morgan fingerprint density at radius 1 is 0.333 bits per heavy atom. The minimum absolute atomic E-state index is 0.0101. The average Bonchev–Trinajstić information content (AvgIpc) is 3.80. The molecule has 2 aliphatic heterocycles. The normalized spacial score (nSPS) is 12.3. The van der Waals surface area contributed by atoms with Gasteiger partial charge < -0.3 is 0 Å². The van der Waals surface area contributed by atoms with E-state index in [1.807, 2.05) is 0 Å². The number of halogens is 14.